The highest BCUT2D eigenvalue weighted by Crippen LogP contribution is 2.24. The maximum absolute atomic E-state index is 12.4. The SMILES string of the molecule is O=C(Oc1ccc(Br)cc1C=NNC(=O)C1CCCCC1)c1ccc(Cl)cc1. The summed E-state index contributed by atoms with van der Waals surface area (Å²) in [5.41, 5.74) is 3.56. The molecular weight excluding hydrogens is 444 g/mol. The molecule has 28 heavy (non-hydrogen) atoms. The normalized spacial score (nSPS) is 14.8. The van der Waals surface area contributed by atoms with Crippen molar-refractivity contribution in [2.75, 3.05) is 0 Å². The molecule has 146 valence electrons. The van der Waals surface area contributed by atoms with Crippen LogP contribution in [0.3, 0.4) is 0 Å². The Labute approximate surface area is 177 Å². The van der Waals surface area contributed by atoms with Crippen LogP contribution in [0.5, 0.6) is 5.75 Å². The first kappa shape index (κ1) is 20.6. The number of esters is 1. The van der Waals surface area contributed by atoms with Gasteiger partial charge in [0.15, 0.2) is 0 Å². The van der Waals surface area contributed by atoms with Crippen LogP contribution in [-0.2, 0) is 4.79 Å². The molecule has 0 heterocycles. The van der Waals surface area contributed by atoms with Gasteiger partial charge in [-0.1, -0.05) is 46.8 Å². The van der Waals surface area contributed by atoms with E-state index in [4.69, 9.17) is 16.3 Å². The maximum Gasteiger partial charge on any atom is 0.343 e. The van der Waals surface area contributed by atoms with Crippen LogP contribution in [0, 0.1) is 5.92 Å². The molecule has 7 heteroatoms. The van der Waals surface area contributed by atoms with Gasteiger partial charge in [-0.3, -0.25) is 4.79 Å². The highest BCUT2D eigenvalue weighted by atomic mass is 79.9. The molecule has 0 spiro atoms. The Balaban J connectivity index is 1.68. The van der Waals surface area contributed by atoms with Gasteiger partial charge in [-0.2, -0.15) is 5.10 Å². The number of rotatable bonds is 5. The van der Waals surface area contributed by atoms with E-state index in [0.29, 0.717) is 21.9 Å². The Hall–Kier alpha value is -2.18. The lowest BCUT2D eigenvalue weighted by Crippen LogP contribution is -2.28. The van der Waals surface area contributed by atoms with Gasteiger partial charge in [0.2, 0.25) is 5.91 Å². The Bertz CT molecular complexity index is 878. The smallest absolute Gasteiger partial charge is 0.343 e. The van der Waals surface area contributed by atoms with Gasteiger partial charge in [0, 0.05) is 21.0 Å². The molecule has 1 amide bonds. The molecular formula is C21H20BrClN2O3. The van der Waals surface area contributed by atoms with Crippen LogP contribution in [0.25, 0.3) is 0 Å². The summed E-state index contributed by atoms with van der Waals surface area (Å²) >= 11 is 9.24. The lowest BCUT2D eigenvalue weighted by Gasteiger charge is -2.19. The van der Waals surface area contributed by atoms with Gasteiger partial charge in [0.25, 0.3) is 0 Å². The van der Waals surface area contributed by atoms with E-state index in [0.717, 1.165) is 30.2 Å². The summed E-state index contributed by atoms with van der Waals surface area (Å²) in [4.78, 5) is 24.6. The van der Waals surface area contributed by atoms with Crippen LogP contribution in [-0.4, -0.2) is 18.1 Å². The number of hydrogen-bond donors (Lipinski definition) is 1. The van der Waals surface area contributed by atoms with Crippen molar-refractivity contribution in [1.82, 2.24) is 5.43 Å². The van der Waals surface area contributed by atoms with Gasteiger partial charge < -0.3 is 4.74 Å². The summed E-state index contributed by atoms with van der Waals surface area (Å²) in [7, 11) is 0. The van der Waals surface area contributed by atoms with Gasteiger partial charge in [0.1, 0.15) is 5.75 Å². The zero-order valence-electron chi connectivity index (χ0n) is 15.2. The monoisotopic (exact) mass is 462 g/mol. The minimum atomic E-state index is -0.500. The standard InChI is InChI=1S/C21H20BrClN2O3/c22-17-8-11-19(28-21(27)15-6-9-18(23)10-7-15)16(12-17)13-24-25-20(26)14-4-2-1-3-5-14/h6-14H,1-5H2,(H,25,26). The lowest BCUT2D eigenvalue weighted by molar-refractivity contribution is -0.125. The number of nitrogens with zero attached hydrogens (tertiary/aromatic N) is 1. The number of carbonyl (C=O) groups is 2. The average molecular weight is 464 g/mol. The zero-order chi connectivity index (χ0) is 19.9. The number of amides is 1. The van der Waals surface area contributed by atoms with Crippen LogP contribution in [0.15, 0.2) is 52.0 Å². The van der Waals surface area contributed by atoms with Crippen molar-refractivity contribution >= 4 is 45.6 Å². The molecule has 0 bridgehead atoms. The number of hydrogen-bond acceptors (Lipinski definition) is 4. The van der Waals surface area contributed by atoms with E-state index >= 15 is 0 Å². The predicted octanol–water partition coefficient (Wildman–Crippen LogP) is 5.35. The number of halogens is 2. The molecule has 5 nitrogen and oxygen atoms in total. The minimum Gasteiger partial charge on any atom is -0.422 e. The molecule has 0 saturated heterocycles. The first-order chi connectivity index (χ1) is 13.5. The van der Waals surface area contributed by atoms with E-state index in [1.54, 1.807) is 42.5 Å². The van der Waals surface area contributed by atoms with Crippen molar-refractivity contribution in [2.24, 2.45) is 11.0 Å². The van der Waals surface area contributed by atoms with Crippen molar-refractivity contribution in [1.29, 1.82) is 0 Å². The summed E-state index contributed by atoms with van der Waals surface area (Å²) in [6.07, 6.45) is 6.64. The Kier molecular flexibility index (Phi) is 7.23. The van der Waals surface area contributed by atoms with E-state index in [1.807, 2.05) is 0 Å². The third-order valence-electron chi connectivity index (χ3n) is 4.61. The zero-order valence-corrected chi connectivity index (χ0v) is 17.5. The molecule has 1 aliphatic carbocycles. The summed E-state index contributed by atoms with van der Waals surface area (Å²) < 4.78 is 6.30. The molecule has 2 aromatic carbocycles. The fourth-order valence-corrected chi connectivity index (χ4v) is 3.58. The van der Waals surface area contributed by atoms with Crippen LogP contribution < -0.4 is 10.2 Å². The van der Waals surface area contributed by atoms with Crippen molar-refractivity contribution in [3.63, 3.8) is 0 Å². The van der Waals surface area contributed by atoms with Crippen molar-refractivity contribution in [2.45, 2.75) is 32.1 Å². The lowest BCUT2D eigenvalue weighted by atomic mass is 9.89. The topological polar surface area (TPSA) is 67.8 Å². The molecule has 3 rings (SSSR count). The Morgan fingerprint density at radius 1 is 1.11 bits per heavy atom. The van der Waals surface area contributed by atoms with Gasteiger partial charge in [-0.15, -0.1) is 0 Å². The molecule has 1 N–H and O–H groups in total. The van der Waals surface area contributed by atoms with Crippen LogP contribution in [0.2, 0.25) is 5.02 Å². The predicted molar refractivity (Wildman–Crippen MR) is 113 cm³/mol. The fraction of sp³-hybridized carbons (Fsp3) is 0.286. The Morgan fingerprint density at radius 2 is 1.82 bits per heavy atom. The second-order valence-corrected chi connectivity index (χ2v) is 8.00. The third-order valence-corrected chi connectivity index (χ3v) is 5.35. The van der Waals surface area contributed by atoms with Crippen molar-refractivity contribution < 1.29 is 14.3 Å². The van der Waals surface area contributed by atoms with Crippen molar-refractivity contribution in [3.05, 3.63) is 63.1 Å². The van der Waals surface area contributed by atoms with E-state index in [2.05, 4.69) is 26.5 Å². The summed E-state index contributed by atoms with van der Waals surface area (Å²) in [5.74, 6) is -0.194. The summed E-state index contributed by atoms with van der Waals surface area (Å²) in [6.45, 7) is 0. The van der Waals surface area contributed by atoms with E-state index in [1.165, 1.54) is 12.6 Å². The second kappa shape index (κ2) is 9.85. The highest BCUT2D eigenvalue weighted by Gasteiger charge is 2.20. The highest BCUT2D eigenvalue weighted by molar-refractivity contribution is 9.10. The molecule has 1 aliphatic rings. The number of ether oxygens (including phenoxy) is 1. The first-order valence-corrected chi connectivity index (χ1v) is 10.3. The number of hydrazone groups is 1. The van der Waals surface area contributed by atoms with Gasteiger partial charge in [0.05, 0.1) is 11.8 Å². The van der Waals surface area contributed by atoms with E-state index < -0.39 is 5.97 Å². The number of benzene rings is 2. The van der Waals surface area contributed by atoms with Crippen LogP contribution in [0.4, 0.5) is 0 Å². The maximum atomic E-state index is 12.4. The Morgan fingerprint density at radius 3 is 2.54 bits per heavy atom. The van der Waals surface area contributed by atoms with E-state index in [9.17, 15) is 9.59 Å². The van der Waals surface area contributed by atoms with E-state index in [-0.39, 0.29) is 11.8 Å². The summed E-state index contributed by atoms with van der Waals surface area (Å²) in [5, 5.41) is 4.60. The van der Waals surface area contributed by atoms with Gasteiger partial charge in [-0.25, -0.2) is 10.2 Å². The quantitative estimate of drug-likeness (QED) is 0.281. The number of nitrogens with one attached hydrogen (secondary N) is 1. The van der Waals surface area contributed by atoms with Gasteiger partial charge >= 0.3 is 5.97 Å². The molecule has 2 aromatic rings. The molecule has 0 aromatic heterocycles. The first-order valence-electron chi connectivity index (χ1n) is 9.13. The molecule has 0 atom stereocenters. The molecule has 0 unspecified atom stereocenters. The average Bonchev–Trinajstić information content (AvgIpc) is 2.71. The molecule has 1 fully saturated rings. The third kappa shape index (κ3) is 5.66. The minimum absolute atomic E-state index is 0.0237. The summed E-state index contributed by atoms with van der Waals surface area (Å²) in [6, 6.07) is 11.7. The molecule has 0 aliphatic heterocycles. The second-order valence-electron chi connectivity index (χ2n) is 6.65. The number of carbonyl (C=O) groups excluding carboxylic acids is 2. The van der Waals surface area contributed by atoms with Crippen LogP contribution >= 0.6 is 27.5 Å². The largest absolute Gasteiger partial charge is 0.422 e. The molecule has 1 saturated carbocycles. The fourth-order valence-electron chi connectivity index (χ4n) is 3.08. The molecule has 0 radical (unpaired) electrons. The van der Waals surface area contributed by atoms with Gasteiger partial charge in [-0.05, 0) is 55.3 Å². The van der Waals surface area contributed by atoms with Crippen molar-refractivity contribution in [3.8, 4) is 5.75 Å². The van der Waals surface area contributed by atoms with Crippen LogP contribution in [0.1, 0.15) is 48.0 Å².